The molecule has 5 nitrogen and oxygen atoms in total. The van der Waals surface area contributed by atoms with Gasteiger partial charge in [0.2, 0.25) is 5.91 Å². The van der Waals surface area contributed by atoms with Gasteiger partial charge in [0.05, 0.1) is 5.56 Å². The van der Waals surface area contributed by atoms with Crippen molar-refractivity contribution in [2.75, 3.05) is 6.54 Å². The lowest BCUT2D eigenvalue weighted by atomic mass is 9.95. The zero-order chi connectivity index (χ0) is 14.2. The van der Waals surface area contributed by atoms with E-state index in [0.29, 0.717) is 18.9 Å². The third-order valence-corrected chi connectivity index (χ3v) is 3.76. The van der Waals surface area contributed by atoms with Crippen LogP contribution in [0.25, 0.3) is 0 Å². The van der Waals surface area contributed by atoms with Gasteiger partial charge in [0, 0.05) is 13.0 Å². The third-order valence-electron chi connectivity index (χ3n) is 3.29. The lowest BCUT2D eigenvalue weighted by Crippen LogP contribution is -2.33. The van der Waals surface area contributed by atoms with E-state index in [1.807, 2.05) is 13.8 Å². The number of likely N-dealkylation sites (tertiary alicyclic amines) is 1. The zero-order valence-electron chi connectivity index (χ0n) is 10.6. The fraction of sp³-hybridized carbons (Fsp3) is 0.500. The molecule has 19 heavy (non-hydrogen) atoms. The van der Waals surface area contributed by atoms with E-state index in [1.165, 1.54) is 11.0 Å². The fourth-order valence-corrected chi connectivity index (χ4v) is 2.35. The standard InChI is InChI=1S/C12H13Cl2N3O2/c1-6(2)7-3-10(18)17(5-7)12(19)8-4-9(13)15-16-11(8)14/h4,6-7H,3,5H2,1-2H3. The largest absolute Gasteiger partial charge is 0.278 e. The van der Waals surface area contributed by atoms with Crippen molar-refractivity contribution in [2.45, 2.75) is 20.3 Å². The van der Waals surface area contributed by atoms with Crippen LogP contribution in [0.15, 0.2) is 6.07 Å². The number of rotatable bonds is 2. The normalized spacial score (nSPS) is 19.3. The number of nitrogens with zero attached hydrogens (tertiary/aromatic N) is 3. The first-order chi connectivity index (χ1) is 8.90. The summed E-state index contributed by atoms with van der Waals surface area (Å²) in [5.74, 6) is -0.125. The van der Waals surface area contributed by atoms with Crippen LogP contribution < -0.4 is 0 Å². The summed E-state index contributed by atoms with van der Waals surface area (Å²) in [5.41, 5.74) is 0.111. The maximum absolute atomic E-state index is 12.3. The van der Waals surface area contributed by atoms with Crippen molar-refractivity contribution in [1.82, 2.24) is 15.1 Å². The number of imide groups is 1. The van der Waals surface area contributed by atoms with E-state index in [9.17, 15) is 9.59 Å². The summed E-state index contributed by atoms with van der Waals surface area (Å²) in [7, 11) is 0. The average Bonchev–Trinajstić information content (AvgIpc) is 2.74. The van der Waals surface area contributed by atoms with Gasteiger partial charge in [-0.15, -0.1) is 10.2 Å². The van der Waals surface area contributed by atoms with Crippen LogP contribution in [0.4, 0.5) is 0 Å². The monoisotopic (exact) mass is 301 g/mol. The molecule has 1 unspecified atom stereocenters. The number of carbonyl (C=O) groups is 2. The van der Waals surface area contributed by atoms with E-state index in [2.05, 4.69) is 10.2 Å². The Morgan fingerprint density at radius 1 is 1.42 bits per heavy atom. The van der Waals surface area contributed by atoms with Crippen LogP contribution in [-0.4, -0.2) is 33.5 Å². The van der Waals surface area contributed by atoms with Gasteiger partial charge in [-0.3, -0.25) is 14.5 Å². The van der Waals surface area contributed by atoms with Gasteiger partial charge in [-0.2, -0.15) is 0 Å². The fourth-order valence-electron chi connectivity index (χ4n) is 2.03. The van der Waals surface area contributed by atoms with Gasteiger partial charge in [-0.05, 0) is 17.9 Å². The van der Waals surface area contributed by atoms with Gasteiger partial charge in [-0.25, -0.2) is 0 Å². The first kappa shape index (κ1) is 14.2. The predicted molar refractivity (Wildman–Crippen MR) is 71.0 cm³/mol. The molecular weight excluding hydrogens is 289 g/mol. The lowest BCUT2D eigenvalue weighted by molar-refractivity contribution is -0.125. The van der Waals surface area contributed by atoms with Crippen LogP contribution in [0.1, 0.15) is 30.6 Å². The zero-order valence-corrected chi connectivity index (χ0v) is 12.1. The molecule has 102 valence electrons. The molecule has 1 fully saturated rings. The van der Waals surface area contributed by atoms with Crippen LogP contribution in [0.2, 0.25) is 10.3 Å². The number of amides is 2. The molecule has 0 N–H and O–H groups in total. The first-order valence-electron chi connectivity index (χ1n) is 5.93. The van der Waals surface area contributed by atoms with Crippen molar-refractivity contribution >= 4 is 35.0 Å². The Hall–Kier alpha value is -1.20. The summed E-state index contributed by atoms with van der Waals surface area (Å²) in [6.07, 6.45) is 0.382. The van der Waals surface area contributed by atoms with Gasteiger partial charge >= 0.3 is 0 Å². The highest BCUT2D eigenvalue weighted by Gasteiger charge is 2.36. The molecule has 7 heteroatoms. The maximum Gasteiger partial charge on any atom is 0.263 e. The summed E-state index contributed by atoms with van der Waals surface area (Å²) < 4.78 is 0. The molecule has 2 amide bonds. The minimum Gasteiger partial charge on any atom is -0.278 e. The minimum atomic E-state index is -0.463. The van der Waals surface area contributed by atoms with E-state index in [1.54, 1.807) is 0 Å². The summed E-state index contributed by atoms with van der Waals surface area (Å²) >= 11 is 11.5. The number of halogens is 2. The number of hydrogen-bond donors (Lipinski definition) is 0. The molecule has 2 rings (SSSR count). The number of carbonyl (C=O) groups excluding carboxylic acids is 2. The molecule has 0 spiro atoms. The Morgan fingerprint density at radius 3 is 2.68 bits per heavy atom. The Kier molecular flexibility index (Phi) is 4.06. The summed E-state index contributed by atoms with van der Waals surface area (Å²) in [6.45, 7) is 4.47. The van der Waals surface area contributed by atoms with Crippen LogP contribution in [0.5, 0.6) is 0 Å². The Bertz CT molecular complexity index is 534. The Morgan fingerprint density at radius 2 is 2.11 bits per heavy atom. The molecule has 1 aliphatic heterocycles. The molecule has 0 aliphatic carbocycles. The smallest absolute Gasteiger partial charge is 0.263 e. The molecule has 0 saturated carbocycles. The van der Waals surface area contributed by atoms with Gasteiger partial charge in [0.1, 0.15) is 0 Å². The van der Waals surface area contributed by atoms with Crippen molar-refractivity contribution in [2.24, 2.45) is 11.8 Å². The van der Waals surface area contributed by atoms with Crippen molar-refractivity contribution in [3.8, 4) is 0 Å². The van der Waals surface area contributed by atoms with Crippen molar-refractivity contribution in [3.63, 3.8) is 0 Å². The van der Waals surface area contributed by atoms with Crippen LogP contribution in [-0.2, 0) is 4.79 Å². The predicted octanol–water partition coefficient (Wildman–Crippen LogP) is 2.43. The quantitative estimate of drug-likeness (QED) is 0.787. The molecule has 0 bridgehead atoms. The van der Waals surface area contributed by atoms with Gasteiger partial charge < -0.3 is 0 Å². The van der Waals surface area contributed by atoms with E-state index >= 15 is 0 Å². The minimum absolute atomic E-state index is 0.0461. The number of hydrogen-bond acceptors (Lipinski definition) is 4. The summed E-state index contributed by atoms with van der Waals surface area (Å²) in [6, 6.07) is 1.33. The molecule has 1 aromatic heterocycles. The molecule has 0 radical (unpaired) electrons. The second-order valence-corrected chi connectivity index (χ2v) is 5.63. The van der Waals surface area contributed by atoms with Crippen molar-refractivity contribution in [3.05, 3.63) is 21.9 Å². The second kappa shape index (κ2) is 5.43. The molecule has 1 atom stereocenters. The molecule has 1 aliphatic rings. The van der Waals surface area contributed by atoms with Gasteiger partial charge in [0.15, 0.2) is 10.3 Å². The summed E-state index contributed by atoms with van der Waals surface area (Å²) in [5, 5.41) is 7.14. The Balaban J connectivity index is 2.25. The highest BCUT2D eigenvalue weighted by Crippen LogP contribution is 2.27. The first-order valence-corrected chi connectivity index (χ1v) is 6.69. The lowest BCUT2D eigenvalue weighted by Gasteiger charge is -2.16. The molecule has 1 saturated heterocycles. The molecule has 0 aromatic carbocycles. The van der Waals surface area contributed by atoms with Gasteiger partial charge in [0.25, 0.3) is 5.91 Å². The molecule has 2 heterocycles. The third kappa shape index (κ3) is 2.87. The SMILES string of the molecule is CC(C)C1CC(=O)N(C(=O)c2cc(Cl)nnc2Cl)C1. The van der Waals surface area contributed by atoms with Gasteiger partial charge in [-0.1, -0.05) is 37.0 Å². The Labute approximate surface area is 120 Å². The van der Waals surface area contributed by atoms with Crippen LogP contribution in [0, 0.1) is 11.8 Å². The molecular formula is C12H13Cl2N3O2. The van der Waals surface area contributed by atoms with Crippen LogP contribution >= 0.6 is 23.2 Å². The van der Waals surface area contributed by atoms with Crippen molar-refractivity contribution in [1.29, 1.82) is 0 Å². The molecule has 1 aromatic rings. The van der Waals surface area contributed by atoms with E-state index in [4.69, 9.17) is 23.2 Å². The van der Waals surface area contributed by atoms with E-state index in [-0.39, 0.29) is 27.7 Å². The summed E-state index contributed by atoms with van der Waals surface area (Å²) in [4.78, 5) is 25.4. The topological polar surface area (TPSA) is 63.2 Å². The van der Waals surface area contributed by atoms with Crippen LogP contribution in [0.3, 0.4) is 0 Å². The highest BCUT2D eigenvalue weighted by atomic mass is 35.5. The number of aromatic nitrogens is 2. The second-order valence-electron chi connectivity index (χ2n) is 4.89. The van der Waals surface area contributed by atoms with E-state index in [0.717, 1.165) is 0 Å². The maximum atomic E-state index is 12.3. The van der Waals surface area contributed by atoms with E-state index < -0.39 is 5.91 Å². The average molecular weight is 302 g/mol. The highest BCUT2D eigenvalue weighted by molar-refractivity contribution is 6.34. The van der Waals surface area contributed by atoms with Crippen molar-refractivity contribution < 1.29 is 9.59 Å².